The lowest BCUT2D eigenvalue weighted by molar-refractivity contribution is -0.295. The van der Waals surface area contributed by atoms with Crippen LogP contribution in [0.4, 0.5) is 0 Å². The predicted octanol–water partition coefficient (Wildman–Crippen LogP) is -2.91. The average molecular weight is 455 g/mol. The third-order valence-electron chi connectivity index (χ3n) is 5.63. The SMILES string of the molecule is CC1=CC2C=CC(C(=O)N[C@H]3[C@H]([C@H](O)[C@H](O)CO)O[C@](O)(C(=O)O)C[C@@H]3O)=CC2OC1=O. The number of fused-ring (bicyclic) bond motifs is 1. The predicted molar refractivity (Wildman–Crippen MR) is 103 cm³/mol. The van der Waals surface area contributed by atoms with E-state index in [1.54, 1.807) is 19.1 Å². The summed E-state index contributed by atoms with van der Waals surface area (Å²) >= 11 is 0. The summed E-state index contributed by atoms with van der Waals surface area (Å²) in [6.45, 7) is 0.673. The maximum Gasteiger partial charge on any atom is 0.364 e. The fourth-order valence-corrected chi connectivity index (χ4v) is 3.79. The maximum atomic E-state index is 12.8. The number of rotatable bonds is 6. The molecule has 1 saturated heterocycles. The minimum absolute atomic E-state index is 0.0641. The number of hydrogen-bond donors (Lipinski definition) is 7. The highest BCUT2D eigenvalue weighted by Crippen LogP contribution is 2.31. The van der Waals surface area contributed by atoms with Gasteiger partial charge in [0.15, 0.2) is 0 Å². The van der Waals surface area contributed by atoms with Gasteiger partial charge in [-0.2, -0.15) is 0 Å². The number of aliphatic hydroxyl groups is 5. The fraction of sp³-hybridized carbons (Fsp3) is 0.550. The molecule has 32 heavy (non-hydrogen) atoms. The summed E-state index contributed by atoms with van der Waals surface area (Å²) < 4.78 is 10.3. The van der Waals surface area contributed by atoms with E-state index in [-0.39, 0.29) is 11.5 Å². The van der Waals surface area contributed by atoms with Gasteiger partial charge in [-0.05, 0) is 13.0 Å². The van der Waals surface area contributed by atoms with Crippen LogP contribution in [0.1, 0.15) is 13.3 Å². The van der Waals surface area contributed by atoms with E-state index in [0.29, 0.717) is 5.57 Å². The zero-order valence-electron chi connectivity index (χ0n) is 17.0. The molecule has 0 aromatic heterocycles. The summed E-state index contributed by atoms with van der Waals surface area (Å²) in [6.07, 6.45) is -2.60. The second kappa shape index (κ2) is 9.10. The quantitative estimate of drug-likeness (QED) is 0.202. The molecule has 12 nitrogen and oxygen atoms in total. The number of aliphatic carboxylic acids is 1. The first-order valence-corrected chi connectivity index (χ1v) is 9.85. The van der Waals surface area contributed by atoms with E-state index >= 15 is 0 Å². The van der Waals surface area contributed by atoms with E-state index < -0.39 is 73.2 Å². The third-order valence-corrected chi connectivity index (χ3v) is 5.63. The Hall–Kier alpha value is -2.61. The largest absolute Gasteiger partial charge is 0.477 e. The Bertz CT molecular complexity index is 881. The molecule has 1 aliphatic carbocycles. The lowest BCUT2D eigenvalue weighted by Crippen LogP contribution is -2.67. The second-order valence-corrected chi connectivity index (χ2v) is 7.96. The smallest absolute Gasteiger partial charge is 0.364 e. The maximum absolute atomic E-state index is 12.8. The molecule has 176 valence electrons. The van der Waals surface area contributed by atoms with E-state index in [1.165, 1.54) is 12.2 Å². The van der Waals surface area contributed by atoms with E-state index in [2.05, 4.69) is 5.32 Å². The molecule has 3 rings (SSSR count). The van der Waals surface area contributed by atoms with Gasteiger partial charge in [-0.25, -0.2) is 9.59 Å². The van der Waals surface area contributed by atoms with Crippen molar-refractivity contribution in [3.05, 3.63) is 35.5 Å². The van der Waals surface area contributed by atoms with Gasteiger partial charge in [0, 0.05) is 23.5 Å². The van der Waals surface area contributed by atoms with Gasteiger partial charge in [0.1, 0.15) is 24.4 Å². The number of esters is 1. The molecule has 2 aliphatic heterocycles. The summed E-state index contributed by atoms with van der Waals surface area (Å²) in [5, 5.41) is 61.3. The van der Waals surface area contributed by atoms with Gasteiger partial charge >= 0.3 is 11.9 Å². The minimum atomic E-state index is -2.89. The summed E-state index contributed by atoms with van der Waals surface area (Å²) in [5.74, 6) is -6.29. The fourth-order valence-electron chi connectivity index (χ4n) is 3.79. The molecule has 0 radical (unpaired) electrons. The van der Waals surface area contributed by atoms with Crippen LogP contribution in [0.2, 0.25) is 0 Å². The molecule has 7 N–H and O–H groups in total. The van der Waals surface area contributed by atoms with Gasteiger partial charge in [0.25, 0.3) is 11.7 Å². The molecule has 0 saturated carbocycles. The monoisotopic (exact) mass is 455 g/mol. The Morgan fingerprint density at radius 3 is 2.62 bits per heavy atom. The van der Waals surface area contributed by atoms with E-state index in [4.69, 9.17) is 14.6 Å². The van der Waals surface area contributed by atoms with E-state index in [9.17, 15) is 39.9 Å². The topological polar surface area (TPSA) is 203 Å². The van der Waals surface area contributed by atoms with Crippen LogP contribution in [0.25, 0.3) is 0 Å². The summed E-state index contributed by atoms with van der Waals surface area (Å²) in [6, 6.07) is -1.46. The van der Waals surface area contributed by atoms with Gasteiger partial charge in [-0.15, -0.1) is 0 Å². The zero-order chi connectivity index (χ0) is 23.8. The summed E-state index contributed by atoms with van der Waals surface area (Å²) in [4.78, 5) is 35.9. The van der Waals surface area contributed by atoms with Gasteiger partial charge in [-0.3, -0.25) is 4.79 Å². The van der Waals surface area contributed by atoms with Crippen molar-refractivity contribution < 1.29 is 54.5 Å². The Labute approximate surface area is 182 Å². The lowest BCUT2D eigenvalue weighted by Gasteiger charge is -2.44. The first-order chi connectivity index (χ1) is 15.0. The number of carbonyl (C=O) groups is 3. The van der Waals surface area contributed by atoms with Gasteiger partial charge < -0.3 is 45.4 Å². The van der Waals surface area contributed by atoms with Crippen LogP contribution in [0.15, 0.2) is 35.5 Å². The highest BCUT2D eigenvalue weighted by Gasteiger charge is 2.54. The van der Waals surface area contributed by atoms with E-state index in [1.807, 2.05) is 0 Å². The number of carbonyl (C=O) groups excluding carboxylic acids is 2. The van der Waals surface area contributed by atoms with Crippen molar-refractivity contribution in [1.29, 1.82) is 0 Å². The molecule has 0 bridgehead atoms. The number of nitrogens with one attached hydrogen (secondary N) is 1. The number of ether oxygens (including phenoxy) is 2. The molecule has 2 heterocycles. The van der Waals surface area contributed by atoms with Crippen molar-refractivity contribution >= 4 is 17.8 Å². The minimum Gasteiger partial charge on any atom is -0.477 e. The van der Waals surface area contributed by atoms with Crippen molar-refractivity contribution in [2.75, 3.05) is 6.61 Å². The number of amides is 1. The molecule has 3 aliphatic rings. The van der Waals surface area contributed by atoms with Gasteiger partial charge in [-0.1, -0.05) is 18.2 Å². The molecular formula is C20H25NO11. The number of carboxylic acid groups (broad SMARTS) is 1. The Balaban J connectivity index is 1.81. The molecule has 1 amide bonds. The Morgan fingerprint density at radius 1 is 1.31 bits per heavy atom. The average Bonchev–Trinajstić information content (AvgIpc) is 2.74. The van der Waals surface area contributed by atoms with Crippen molar-refractivity contribution in [2.45, 2.75) is 55.7 Å². The van der Waals surface area contributed by atoms with Crippen LogP contribution in [-0.4, -0.2) is 97.4 Å². The summed E-state index contributed by atoms with van der Waals surface area (Å²) in [7, 11) is 0. The van der Waals surface area contributed by atoms with Crippen LogP contribution < -0.4 is 5.32 Å². The molecule has 8 atom stereocenters. The summed E-state index contributed by atoms with van der Waals surface area (Å²) in [5.41, 5.74) is 0.499. The zero-order valence-corrected chi connectivity index (χ0v) is 17.0. The van der Waals surface area contributed by atoms with Crippen LogP contribution >= 0.6 is 0 Å². The molecule has 2 unspecified atom stereocenters. The molecule has 0 aromatic rings. The third kappa shape index (κ3) is 4.60. The van der Waals surface area contributed by atoms with Crippen LogP contribution in [0.3, 0.4) is 0 Å². The van der Waals surface area contributed by atoms with E-state index in [0.717, 1.165) is 0 Å². The highest BCUT2D eigenvalue weighted by atomic mass is 16.7. The normalized spacial score (nSPS) is 36.2. The molecule has 0 spiro atoms. The van der Waals surface area contributed by atoms with Crippen molar-refractivity contribution in [3.8, 4) is 0 Å². The standard InChI is InChI=1S/C20H25NO11/c1-8-4-9-2-3-10(5-13(9)31-18(8)27)17(26)21-14-11(23)6-20(30,19(28)29)32-16(14)15(25)12(24)7-22/h2-5,9,11-16,22-25,30H,6-7H2,1H3,(H,21,26)(H,28,29)/t9?,11-,12+,13?,14+,15+,16+,20-/m0/s1. The first kappa shape index (κ1) is 24.0. The molecule has 12 heteroatoms. The molecule has 0 aromatic carbocycles. The van der Waals surface area contributed by atoms with Crippen LogP contribution in [0.5, 0.6) is 0 Å². The van der Waals surface area contributed by atoms with Crippen LogP contribution in [-0.2, 0) is 23.9 Å². The number of aliphatic hydroxyl groups excluding tert-OH is 4. The van der Waals surface area contributed by atoms with Crippen molar-refractivity contribution in [3.63, 3.8) is 0 Å². The number of hydrogen-bond acceptors (Lipinski definition) is 10. The first-order valence-electron chi connectivity index (χ1n) is 9.85. The van der Waals surface area contributed by atoms with Crippen molar-refractivity contribution in [1.82, 2.24) is 5.32 Å². The van der Waals surface area contributed by atoms with Crippen LogP contribution in [0, 0.1) is 5.92 Å². The van der Waals surface area contributed by atoms with Gasteiger partial charge in [0.2, 0.25) is 0 Å². The Morgan fingerprint density at radius 2 is 2.00 bits per heavy atom. The molecule has 1 fully saturated rings. The highest BCUT2D eigenvalue weighted by molar-refractivity contribution is 5.97. The number of carboxylic acids is 1. The lowest BCUT2D eigenvalue weighted by atomic mass is 9.87. The van der Waals surface area contributed by atoms with Gasteiger partial charge in [0.05, 0.1) is 18.8 Å². The Kier molecular flexibility index (Phi) is 6.83. The van der Waals surface area contributed by atoms with Crippen molar-refractivity contribution in [2.24, 2.45) is 5.92 Å². The second-order valence-electron chi connectivity index (χ2n) is 7.96. The molecular weight excluding hydrogens is 430 g/mol.